The fourth-order valence-electron chi connectivity index (χ4n) is 4.38. The molecule has 0 radical (unpaired) electrons. The minimum Gasteiger partial charge on any atom is -0.477 e. The van der Waals surface area contributed by atoms with Gasteiger partial charge in [-0.1, -0.05) is 6.92 Å². The molecule has 10 heteroatoms. The number of hydrogen-bond donors (Lipinski definition) is 3. The number of aromatic amines is 1. The number of anilines is 1. The van der Waals surface area contributed by atoms with Crippen molar-refractivity contribution < 1.29 is 23.8 Å². The number of aromatic nitrogens is 1. The number of carbonyl (C=O) groups excluding carboxylic acids is 1. The highest BCUT2D eigenvalue weighted by molar-refractivity contribution is 6.27. The number of pyridine rings is 1. The van der Waals surface area contributed by atoms with E-state index in [-0.39, 0.29) is 23.0 Å². The number of nitrogens with zero attached hydrogens (tertiary/aromatic N) is 1. The van der Waals surface area contributed by atoms with Gasteiger partial charge in [0.2, 0.25) is 5.43 Å². The second-order valence-corrected chi connectivity index (χ2v) is 10.7. The Morgan fingerprint density at radius 2 is 2.00 bits per heavy atom. The van der Waals surface area contributed by atoms with E-state index in [0.29, 0.717) is 37.0 Å². The lowest BCUT2D eigenvalue weighted by Gasteiger charge is -2.26. The molecule has 2 unspecified atom stereocenters. The zero-order chi connectivity index (χ0) is 24.3. The number of H-pyrrole nitrogens is 1. The predicted octanol–water partition coefficient (Wildman–Crippen LogP) is 3.94. The monoisotopic (exact) mass is 479 g/mol. The number of nitrogens with one attached hydrogen (secondary N) is 2. The lowest BCUT2D eigenvalue weighted by Crippen LogP contribution is -2.42. The molecule has 0 bridgehead atoms. The van der Waals surface area contributed by atoms with Gasteiger partial charge in [-0.2, -0.15) is 0 Å². The van der Waals surface area contributed by atoms with Crippen LogP contribution in [-0.4, -0.2) is 46.9 Å². The van der Waals surface area contributed by atoms with Crippen molar-refractivity contribution in [3.8, 4) is 0 Å². The lowest BCUT2D eigenvalue weighted by atomic mass is 10.00. The minimum absolute atomic E-state index is 0.000575. The number of rotatable bonds is 4. The Hall–Kier alpha value is -2.81. The van der Waals surface area contributed by atoms with Crippen LogP contribution in [0.1, 0.15) is 56.5 Å². The molecule has 0 spiro atoms. The maximum atomic E-state index is 15.5. The zero-order valence-corrected chi connectivity index (χ0v) is 19.7. The largest absolute Gasteiger partial charge is 0.477 e. The van der Waals surface area contributed by atoms with Crippen LogP contribution >= 0.6 is 11.6 Å². The number of aromatic carboxylic acids is 1. The first kappa shape index (κ1) is 23.4. The summed E-state index contributed by atoms with van der Waals surface area (Å²) in [4.78, 5) is 40.2. The van der Waals surface area contributed by atoms with Crippen molar-refractivity contribution in [3.63, 3.8) is 0 Å². The molecular weight excluding hydrogens is 453 g/mol. The van der Waals surface area contributed by atoms with Crippen LogP contribution in [0.2, 0.25) is 0 Å². The standard InChI is InChI=1S/C23H27ClFN3O5/c1-11-9-28(10-15(11)27-21(32)33-22(2,3)4)18-14(25)7-12-17(16(18)23(24)5-6-23)26-8-13(19(12)29)20(30)31/h7-8,11,15H,5-6,9-10H2,1-4H3,(H,26,29)(H,27,32)(H,30,31). The first-order valence-electron chi connectivity index (χ1n) is 10.9. The Kier molecular flexibility index (Phi) is 5.59. The van der Waals surface area contributed by atoms with Crippen LogP contribution in [0, 0.1) is 11.7 Å². The van der Waals surface area contributed by atoms with Gasteiger partial charge in [-0.3, -0.25) is 4.79 Å². The smallest absolute Gasteiger partial charge is 0.407 e. The molecule has 8 nitrogen and oxygen atoms in total. The highest BCUT2D eigenvalue weighted by Gasteiger charge is 2.48. The summed E-state index contributed by atoms with van der Waals surface area (Å²) >= 11 is 6.77. The Morgan fingerprint density at radius 3 is 2.58 bits per heavy atom. The second kappa shape index (κ2) is 7.90. The van der Waals surface area contributed by atoms with E-state index in [1.807, 2.05) is 11.8 Å². The molecule has 1 saturated heterocycles. The molecule has 2 aliphatic rings. The SMILES string of the molecule is CC1CN(c2c(F)cc3c(=O)c(C(=O)O)c[nH]c3c2C2(Cl)CC2)CC1NC(=O)OC(C)(C)C. The Labute approximate surface area is 195 Å². The van der Waals surface area contributed by atoms with Gasteiger partial charge in [0.15, 0.2) is 0 Å². The van der Waals surface area contributed by atoms with Gasteiger partial charge in [0.05, 0.1) is 22.1 Å². The number of carbonyl (C=O) groups is 2. The van der Waals surface area contributed by atoms with Crippen molar-refractivity contribution in [2.24, 2.45) is 5.92 Å². The summed E-state index contributed by atoms with van der Waals surface area (Å²) in [5.74, 6) is -2.04. The van der Waals surface area contributed by atoms with Gasteiger partial charge in [0.1, 0.15) is 17.0 Å². The summed E-state index contributed by atoms with van der Waals surface area (Å²) in [6, 6.07) is 0.795. The first-order valence-corrected chi connectivity index (χ1v) is 11.2. The number of benzene rings is 1. The molecule has 1 aromatic carbocycles. The average molecular weight is 480 g/mol. The molecule has 33 heavy (non-hydrogen) atoms. The van der Waals surface area contributed by atoms with Crippen molar-refractivity contribution in [3.05, 3.63) is 39.4 Å². The van der Waals surface area contributed by atoms with Gasteiger partial charge in [-0.25, -0.2) is 14.0 Å². The van der Waals surface area contributed by atoms with E-state index in [9.17, 15) is 19.5 Å². The molecule has 1 aromatic heterocycles. The molecule has 4 rings (SSSR count). The molecule has 1 aliphatic carbocycles. The second-order valence-electron chi connectivity index (χ2n) is 9.94. The molecule has 178 valence electrons. The third kappa shape index (κ3) is 4.38. The number of alkyl halides is 1. The van der Waals surface area contributed by atoms with Crippen LogP contribution in [0.5, 0.6) is 0 Å². The number of fused-ring (bicyclic) bond motifs is 1. The quantitative estimate of drug-likeness (QED) is 0.573. The third-order valence-electron chi connectivity index (χ3n) is 6.10. The maximum Gasteiger partial charge on any atom is 0.407 e. The van der Waals surface area contributed by atoms with E-state index >= 15 is 4.39 Å². The topological polar surface area (TPSA) is 112 Å². The van der Waals surface area contributed by atoms with E-state index in [0.717, 1.165) is 12.3 Å². The van der Waals surface area contributed by atoms with Crippen LogP contribution in [0.15, 0.2) is 17.1 Å². The fraction of sp³-hybridized carbons (Fsp3) is 0.522. The fourth-order valence-corrected chi connectivity index (χ4v) is 4.66. The predicted molar refractivity (Wildman–Crippen MR) is 123 cm³/mol. The molecule has 2 fully saturated rings. The van der Waals surface area contributed by atoms with Crippen LogP contribution in [0.3, 0.4) is 0 Å². The number of halogens is 2. The highest BCUT2D eigenvalue weighted by atomic mass is 35.5. The van der Waals surface area contributed by atoms with Gasteiger partial charge in [0, 0.05) is 30.2 Å². The van der Waals surface area contributed by atoms with E-state index in [1.165, 1.54) is 0 Å². The number of ether oxygens (including phenoxy) is 1. The summed E-state index contributed by atoms with van der Waals surface area (Å²) in [5.41, 5.74) is -0.794. The van der Waals surface area contributed by atoms with E-state index in [4.69, 9.17) is 16.3 Å². The Bertz CT molecular complexity index is 1200. The number of alkyl carbamates (subject to hydrolysis) is 1. The molecule has 1 aliphatic heterocycles. The van der Waals surface area contributed by atoms with Crippen LogP contribution < -0.4 is 15.6 Å². The van der Waals surface area contributed by atoms with Crippen LogP contribution in [-0.2, 0) is 9.61 Å². The molecule has 2 aromatic rings. The minimum atomic E-state index is -1.39. The molecule has 3 N–H and O–H groups in total. The van der Waals surface area contributed by atoms with Gasteiger partial charge in [0.25, 0.3) is 0 Å². The summed E-state index contributed by atoms with van der Waals surface area (Å²) in [6.45, 7) is 8.08. The van der Waals surface area contributed by atoms with E-state index in [2.05, 4.69) is 10.3 Å². The Balaban J connectivity index is 1.75. The Morgan fingerprint density at radius 1 is 1.33 bits per heavy atom. The first-order chi connectivity index (χ1) is 15.3. The molecule has 1 amide bonds. The summed E-state index contributed by atoms with van der Waals surface area (Å²) in [7, 11) is 0. The van der Waals surface area contributed by atoms with Crippen LogP contribution in [0.4, 0.5) is 14.9 Å². The van der Waals surface area contributed by atoms with Crippen molar-refractivity contribution in [1.29, 1.82) is 0 Å². The summed E-state index contributed by atoms with van der Waals surface area (Å²) < 4.78 is 20.9. The molecular formula is C23H27ClFN3O5. The molecule has 2 atom stereocenters. The van der Waals surface area contributed by atoms with Crippen molar-refractivity contribution in [2.75, 3.05) is 18.0 Å². The number of carboxylic acid groups (broad SMARTS) is 1. The van der Waals surface area contributed by atoms with Gasteiger partial charge in [-0.15, -0.1) is 11.6 Å². The van der Waals surface area contributed by atoms with E-state index in [1.54, 1.807) is 20.8 Å². The van der Waals surface area contributed by atoms with Crippen molar-refractivity contribution >= 4 is 40.3 Å². The third-order valence-corrected chi connectivity index (χ3v) is 6.67. The molecule has 1 saturated carbocycles. The van der Waals surface area contributed by atoms with E-state index < -0.39 is 39.3 Å². The van der Waals surface area contributed by atoms with Gasteiger partial charge >= 0.3 is 12.1 Å². The number of carboxylic acids is 1. The highest BCUT2D eigenvalue weighted by Crippen LogP contribution is 2.57. The normalized spacial score (nSPS) is 21.8. The van der Waals surface area contributed by atoms with Crippen molar-refractivity contribution in [2.45, 2.75) is 57.1 Å². The van der Waals surface area contributed by atoms with Crippen LogP contribution in [0.25, 0.3) is 10.9 Å². The van der Waals surface area contributed by atoms with Gasteiger partial charge in [-0.05, 0) is 45.6 Å². The van der Waals surface area contributed by atoms with Crippen molar-refractivity contribution in [1.82, 2.24) is 10.3 Å². The average Bonchev–Trinajstić information content (AvgIpc) is 3.33. The number of amides is 1. The summed E-state index contributed by atoms with van der Waals surface area (Å²) in [5, 5.41) is 12.1. The molecule has 2 heterocycles. The number of hydrogen-bond acceptors (Lipinski definition) is 5. The van der Waals surface area contributed by atoms with Gasteiger partial charge < -0.3 is 25.0 Å². The summed E-state index contributed by atoms with van der Waals surface area (Å²) in [6.07, 6.45) is 1.79. The lowest BCUT2D eigenvalue weighted by molar-refractivity contribution is 0.0499. The maximum absolute atomic E-state index is 15.5. The zero-order valence-electron chi connectivity index (χ0n) is 18.9.